The maximum Gasteiger partial charge on any atom is 0.123 e. The van der Waals surface area contributed by atoms with Gasteiger partial charge in [-0.1, -0.05) is 6.92 Å². The highest BCUT2D eigenvalue weighted by molar-refractivity contribution is 5.53. The summed E-state index contributed by atoms with van der Waals surface area (Å²) in [6.45, 7) is 9.97. The predicted molar refractivity (Wildman–Crippen MR) is 72.0 cm³/mol. The van der Waals surface area contributed by atoms with Crippen molar-refractivity contribution in [1.82, 2.24) is 5.32 Å². The smallest absolute Gasteiger partial charge is 0.123 e. The van der Waals surface area contributed by atoms with E-state index in [-0.39, 0.29) is 5.82 Å². The van der Waals surface area contributed by atoms with Gasteiger partial charge < -0.3 is 10.2 Å². The number of benzene rings is 1. The predicted octanol–water partition coefficient (Wildman–Crippen LogP) is 3.17. The molecule has 0 heterocycles. The lowest BCUT2D eigenvalue weighted by atomic mass is 10.1. The molecule has 3 heteroatoms. The second-order valence-electron chi connectivity index (χ2n) is 4.12. The van der Waals surface area contributed by atoms with Crippen LogP contribution in [0.15, 0.2) is 18.2 Å². The van der Waals surface area contributed by atoms with Crippen LogP contribution in [0.2, 0.25) is 0 Å². The van der Waals surface area contributed by atoms with Crippen LogP contribution in [0.4, 0.5) is 10.1 Å². The Morgan fingerprint density at radius 1 is 1.18 bits per heavy atom. The highest BCUT2D eigenvalue weighted by atomic mass is 19.1. The first-order valence-corrected chi connectivity index (χ1v) is 6.47. The molecule has 0 spiro atoms. The molecule has 1 aromatic carbocycles. The summed E-state index contributed by atoms with van der Waals surface area (Å²) >= 11 is 0. The number of hydrogen-bond acceptors (Lipinski definition) is 2. The number of nitrogens with zero attached hydrogens (tertiary/aromatic N) is 1. The molecule has 0 saturated carbocycles. The molecule has 1 aromatic rings. The normalized spacial score (nSPS) is 10.6. The Bertz CT molecular complexity index is 335. The third-order valence-corrected chi connectivity index (χ3v) is 2.89. The molecule has 2 nitrogen and oxygen atoms in total. The standard InChI is InChI=1S/C14H23FN2/c1-4-9-16-11-12-10-13(15)7-8-14(12)17(5-2)6-3/h7-8,10,16H,4-6,9,11H2,1-3H3. The van der Waals surface area contributed by atoms with E-state index in [9.17, 15) is 4.39 Å². The van der Waals surface area contributed by atoms with Crippen LogP contribution < -0.4 is 10.2 Å². The highest BCUT2D eigenvalue weighted by Crippen LogP contribution is 2.21. The molecule has 96 valence electrons. The zero-order valence-corrected chi connectivity index (χ0v) is 11.1. The molecule has 0 aliphatic rings. The zero-order chi connectivity index (χ0) is 12.7. The summed E-state index contributed by atoms with van der Waals surface area (Å²) in [7, 11) is 0. The van der Waals surface area contributed by atoms with Crippen molar-refractivity contribution in [2.75, 3.05) is 24.5 Å². The van der Waals surface area contributed by atoms with Crippen LogP contribution in [-0.2, 0) is 6.54 Å². The minimum absolute atomic E-state index is 0.158. The van der Waals surface area contributed by atoms with E-state index in [4.69, 9.17) is 0 Å². The van der Waals surface area contributed by atoms with E-state index in [1.165, 1.54) is 6.07 Å². The van der Waals surface area contributed by atoms with Crippen LogP contribution in [0, 0.1) is 5.82 Å². The van der Waals surface area contributed by atoms with Gasteiger partial charge in [0, 0.05) is 25.3 Å². The van der Waals surface area contributed by atoms with Crippen molar-refractivity contribution >= 4 is 5.69 Å². The molecule has 0 fully saturated rings. The van der Waals surface area contributed by atoms with E-state index in [1.807, 2.05) is 6.07 Å². The molecule has 1 N–H and O–H groups in total. The van der Waals surface area contributed by atoms with Crippen LogP contribution in [0.25, 0.3) is 0 Å². The number of anilines is 1. The van der Waals surface area contributed by atoms with Gasteiger partial charge in [-0.2, -0.15) is 0 Å². The fraction of sp³-hybridized carbons (Fsp3) is 0.571. The van der Waals surface area contributed by atoms with Gasteiger partial charge in [0.15, 0.2) is 0 Å². The fourth-order valence-electron chi connectivity index (χ4n) is 1.97. The minimum atomic E-state index is -0.158. The number of halogens is 1. The fourth-order valence-corrected chi connectivity index (χ4v) is 1.97. The lowest BCUT2D eigenvalue weighted by Crippen LogP contribution is -2.25. The topological polar surface area (TPSA) is 15.3 Å². The molecule has 0 aromatic heterocycles. The second-order valence-corrected chi connectivity index (χ2v) is 4.12. The van der Waals surface area contributed by atoms with Gasteiger partial charge in [0.05, 0.1) is 0 Å². The Morgan fingerprint density at radius 2 is 1.88 bits per heavy atom. The molecule has 0 atom stereocenters. The lowest BCUT2D eigenvalue weighted by Gasteiger charge is -2.24. The zero-order valence-electron chi connectivity index (χ0n) is 11.1. The van der Waals surface area contributed by atoms with Crippen molar-refractivity contribution in [3.63, 3.8) is 0 Å². The minimum Gasteiger partial charge on any atom is -0.372 e. The van der Waals surface area contributed by atoms with Gasteiger partial charge in [-0.3, -0.25) is 0 Å². The van der Waals surface area contributed by atoms with Gasteiger partial charge in [0.2, 0.25) is 0 Å². The Kier molecular flexibility index (Phi) is 5.98. The summed E-state index contributed by atoms with van der Waals surface area (Å²) in [4.78, 5) is 2.25. The van der Waals surface area contributed by atoms with Gasteiger partial charge in [-0.05, 0) is 50.6 Å². The van der Waals surface area contributed by atoms with Crippen molar-refractivity contribution in [3.05, 3.63) is 29.6 Å². The third-order valence-electron chi connectivity index (χ3n) is 2.89. The molecule has 0 amide bonds. The SMILES string of the molecule is CCCNCc1cc(F)ccc1N(CC)CC. The van der Waals surface area contributed by atoms with E-state index < -0.39 is 0 Å². The highest BCUT2D eigenvalue weighted by Gasteiger charge is 2.08. The van der Waals surface area contributed by atoms with E-state index >= 15 is 0 Å². The van der Waals surface area contributed by atoms with E-state index in [2.05, 4.69) is 31.0 Å². The summed E-state index contributed by atoms with van der Waals surface area (Å²) in [5.74, 6) is -0.158. The first kappa shape index (κ1) is 14.0. The summed E-state index contributed by atoms with van der Waals surface area (Å²) in [6, 6.07) is 5.05. The van der Waals surface area contributed by atoms with Crippen LogP contribution in [0.1, 0.15) is 32.8 Å². The molecule has 0 aliphatic heterocycles. The molecule has 0 bridgehead atoms. The van der Waals surface area contributed by atoms with Crippen LogP contribution in [-0.4, -0.2) is 19.6 Å². The first-order valence-electron chi connectivity index (χ1n) is 6.47. The molecule has 0 saturated heterocycles. The average Bonchev–Trinajstić information content (AvgIpc) is 2.33. The Hall–Kier alpha value is -1.09. The van der Waals surface area contributed by atoms with Crippen molar-refractivity contribution in [1.29, 1.82) is 0 Å². The number of rotatable bonds is 7. The summed E-state index contributed by atoms with van der Waals surface area (Å²) in [5, 5.41) is 3.33. The molecule has 1 rings (SSSR count). The number of nitrogens with one attached hydrogen (secondary N) is 1. The first-order chi connectivity index (χ1) is 8.22. The number of hydrogen-bond donors (Lipinski definition) is 1. The Labute approximate surface area is 104 Å². The van der Waals surface area contributed by atoms with Gasteiger partial charge >= 0.3 is 0 Å². The second kappa shape index (κ2) is 7.28. The van der Waals surface area contributed by atoms with E-state index in [0.29, 0.717) is 0 Å². The molecule has 0 unspecified atom stereocenters. The third kappa shape index (κ3) is 4.00. The Balaban J connectivity index is 2.86. The molecule has 0 radical (unpaired) electrons. The van der Waals surface area contributed by atoms with Crippen molar-refractivity contribution in [2.24, 2.45) is 0 Å². The van der Waals surface area contributed by atoms with Crippen molar-refractivity contribution < 1.29 is 4.39 Å². The van der Waals surface area contributed by atoms with Gasteiger partial charge in [-0.15, -0.1) is 0 Å². The van der Waals surface area contributed by atoms with Crippen LogP contribution in [0.3, 0.4) is 0 Å². The van der Waals surface area contributed by atoms with Crippen LogP contribution >= 0.6 is 0 Å². The molecule has 0 aliphatic carbocycles. The van der Waals surface area contributed by atoms with Crippen LogP contribution in [0.5, 0.6) is 0 Å². The Morgan fingerprint density at radius 3 is 2.47 bits per heavy atom. The maximum absolute atomic E-state index is 13.3. The molecule has 17 heavy (non-hydrogen) atoms. The van der Waals surface area contributed by atoms with Gasteiger partial charge in [0.25, 0.3) is 0 Å². The van der Waals surface area contributed by atoms with Gasteiger partial charge in [-0.25, -0.2) is 4.39 Å². The quantitative estimate of drug-likeness (QED) is 0.734. The van der Waals surface area contributed by atoms with Gasteiger partial charge in [0.1, 0.15) is 5.82 Å². The van der Waals surface area contributed by atoms with Crippen molar-refractivity contribution in [2.45, 2.75) is 33.7 Å². The lowest BCUT2D eigenvalue weighted by molar-refractivity contribution is 0.618. The summed E-state index contributed by atoms with van der Waals surface area (Å²) in [5.41, 5.74) is 2.18. The molecular formula is C14H23FN2. The van der Waals surface area contributed by atoms with E-state index in [0.717, 1.165) is 43.9 Å². The largest absolute Gasteiger partial charge is 0.372 e. The summed E-state index contributed by atoms with van der Waals surface area (Å²) in [6.07, 6.45) is 1.09. The van der Waals surface area contributed by atoms with E-state index in [1.54, 1.807) is 6.07 Å². The maximum atomic E-state index is 13.3. The summed E-state index contributed by atoms with van der Waals surface area (Å²) < 4.78 is 13.3. The monoisotopic (exact) mass is 238 g/mol. The van der Waals surface area contributed by atoms with Crippen molar-refractivity contribution in [3.8, 4) is 0 Å². The average molecular weight is 238 g/mol. The molecular weight excluding hydrogens is 215 g/mol.